The van der Waals surface area contributed by atoms with Crippen LogP contribution >= 0.6 is 7.60 Å². The molecule has 0 radical (unpaired) electrons. The summed E-state index contributed by atoms with van der Waals surface area (Å²) in [5.41, 5.74) is 0. The zero-order valence-electron chi connectivity index (χ0n) is 16.0. The third-order valence-electron chi connectivity index (χ3n) is 4.50. The standard InChI is InChI=1S/C20H41O3P/c1-3-5-6-7-8-9-10-11-12-13-14-15-16-17-18-19-20-23-24(21,22)4-2/h4H,2-3,5-20H2,1H3,(H,21,22). The fraction of sp³-hybridized carbons (Fsp3) is 0.900. The highest BCUT2D eigenvalue weighted by atomic mass is 31.2. The minimum Gasteiger partial charge on any atom is -0.321 e. The van der Waals surface area contributed by atoms with Crippen LogP contribution in [0, 0.1) is 0 Å². The molecule has 0 fully saturated rings. The largest absolute Gasteiger partial charge is 0.351 e. The molecule has 0 aromatic carbocycles. The highest BCUT2D eigenvalue weighted by molar-refractivity contribution is 7.56. The second-order valence-corrected chi connectivity index (χ2v) is 8.63. The summed E-state index contributed by atoms with van der Waals surface area (Å²) in [5, 5.41) is 0. The summed E-state index contributed by atoms with van der Waals surface area (Å²) in [6.45, 7) is 5.92. The fourth-order valence-corrected chi connectivity index (χ4v) is 3.39. The molecule has 1 N–H and O–H groups in total. The van der Waals surface area contributed by atoms with Crippen molar-refractivity contribution in [2.75, 3.05) is 6.61 Å². The first kappa shape index (κ1) is 23.9. The molecule has 0 aromatic rings. The Balaban J connectivity index is 3.08. The van der Waals surface area contributed by atoms with Crippen molar-refractivity contribution < 1.29 is 14.0 Å². The van der Waals surface area contributed by atoms with Gasteiger partial charge in [-0.3, -0.25) is 4.57 Å². The molecule has 1 unspecified atom stereocenters. The van der Waals surface area contributed by atoms with E-state index in [1.165, 1.54) is 89.9 Å². The molecule has 0 spiro atoms. The lowest BCUT2D eigenvalue weighted by molar-refractivity contribution is 0.260. The van der Waals surface area contributed by atoms with Gasteiger partial charge in [0, 0.05) is 5.82 Å². The average Bonchev–Trinajstić information content (AvgIpc) is 2.57. The van der Waals surface area contributed by atoms with Crippen LogP contribution in [-0.4, -0.2) is 11.5 Å². The molecule has 0 aliphatic carbocycles. The maximum Gasteiger partial charge on any atom is 0.351 e. The number of hydrogen-bond donors (Lipinski definition) is 1. The third kappa shape index (κ3) is 18.2. The molecule has 0 amide bonds. The molecule has 0 saturated heterocycles. The molecular formula is C20H41O3P. The lowest BCUT2D eigenvalue weighted by Crippen LogP contribution is -1.91. The molecule has 4 heteroatoms. The van der Waals surface area contributed by atoms with Crippen LogP contribution in [0.2, 0.25) is 0 Å². The summed E-state index contributed by atoms with van der Waals surface area (Å²) >= 11 is 0. The molecular weight excluding hydrogens is 319 g/mol. The molecule has 3 nitrogen and oxygen atoms in total. The first-order valence-corrected chi connectivity index (χ1v) is 11.9. The molecule has 0 aliphatic rings. The summed E-state index contributed by atoms with van der Waals surface area (Å²) in [7, 11) is -3.50. The average molecular weight is 361 g/mol. The first-order chi connectivity index (χ1) is 11.6. The van der Waals surface area contributed by atoms with E-state index in [2.05, 4.69) is 13.5 Å². The van der Waals surface area contributed by atoms with Crippen molar-refractivity contribution in [3.63, 3.8) is 0 Å². The van der Waals surface area contributed by atoms with Gasteiger partial charge in [-0.15, -0.1) is 0 Å². The molecule has 144 valence electrons. The van der Waals surface area contributed by atoms with E-state index in [1.807, 2.05) is 0 Å². The highest BCUT2D eigenvalue weighted by Gasteiger charge is 2.11. The van der Waals surface area contributed by atoms with Gasteiger partial charge in [0.1, 0.15) is 0 Å². The van der Waals surface area contributed by atoms with Crippen molar-refractivity contribution in [3.05, 3.63) is 12.4 Å². The van der Waals surface area contributed by atoms with Crippen LogP contribution in [0.3, 0.4) is 0 Å². The Morgan fingerprint density at radius 1 is 0.750 bits per heavy atom. The van der Waals surface area contributed by atoms with Crippen molar-refractivity contribution in [1.82, 2.24) is 0 Å². The Morgan fingerprint density at radius 2 is 1.08 bits per heavy atom. The molecule has 0 aliphatic heterocycles. The Kier molecular flexibility index (Phi) is 17.6. The van der Waals surface area contributed by atoms with Crippen molar-refractivity contribution in [1.29, 1.82) is 0 Å². The lowest BCUT2D eigenvalue weighted by Gasteiger charge is -2.07. The van der Waals surface area contributed by atoms with Gasteiger partial charge in [0.2, 0.25) is 0 Å². The van der Waals surface area contributed by atoms with E-state index in [1.54, 1.807) is 0 Å². The van der Waals surface area contributed by atoms with E-state index < -0.39 is 7.60 Å². The zero-order chi connectivity index (χ0) is 17.9. The van der Waals surface area contributed by atoms with E-state index in [0.29, 0.717) is 6.61 Å². The monoisotopic (exact) mass is 360 g/mol. The third-order valence-corrected chi connectivity index (χ3v) is 5.52. The normalized spacial score (nSPS) is 13.8. The van der Waals surface area contributed by atoms with Gasteiger partial charge in [0.05, 0.1) is 6.61 Å². The van der Waals surface area contributed by atoms with Crippen LogP contribution < -0.4 is 0 Å². The van der Waals surface area contributed by atoms with Crippen molar-refractivity contribution in [2.24, 2.45) is 0 Å². The van der Waals surface area contributed by atoms with Crippen LogP contribution in [0.5, 0.6) is 0 Å². The summed E-state index contributed by atoms with van der Waals surface area (Å²) < 4.78 is 16.0. The number of unbranched alkanes of at least 4 members (excludes halogenated alkanes) is 15. The van der Waals surface area contributed by atoms with E-state index >= 15 is 0 Å². The predicted octanol–water partition coefficient (Wildman–Crippen LogP) is 7.59. The SMILES string of the molecule is C=CP(=O)(O)OCCCCCCCCCCCCCCCCCC. The maximum absolute atomic E-state index is 11.2. The van der Waals surface area contributed by atoms with Crippen LogP contribution in [0.15, 0.2) is 12.4 Å². The molecule has 0 rings (SSSR count). The maximum atomic E-state index is 11.2. The first-order valence-electron chi connectivity index (χ1n) is 10.2. The second-order valence-electron chi connectivity index (χ2n) is 6.88. The topological polar surface area (TPSA) is 46.5 Å². The minimum absolute atomic E-state index is 0.359. The smallest absolute Gasteiger partial charge is 0.321 e. The Hall–Kier alpha value is -0.110. The van der Waals surface area contributed by atoms with E-state index in [0.717, 1.165) is 18.7 Å². The highest BCUT2D eigenvalue weighted by Crippen LogP contribution is 2.42. The van der Waals surface area contributed by atoms with E-state index in [4.69, 9.17) is 9.42 Å². The van der Waals surface area contributed by atoms with Gasteiger partial charge in [-0.25, -0.2) is 0 Å². The summed E-state index contributed by atoms with van der Waals surface area (Å²) in [4.78, 5) is 9.16. The quantitative estimate of drug-likeness (QED) is 0.191. The summed E-state index contributed by atoms with van der Waals surface area (Å²) in [6, 6.07) is 0. The molecule has 0 bridgehead atoms. The van der Waals surface area contributed by atoms with Crippen molar-refractivity contribution >= 4 is 7.60 Å². The summed E-state index contributed by atoms with van der Waals surface area (Å²) in [5.74, 6) is 0.999. The van der Waals surface area contributed by atoms with Crippen LogP contribution in [0.1, 0.15) is 110 Å². The van der Waals surface area contributed by atoms with Gasteiger partial charge in [-0.2, -0.15) is 0 Å². The lowest BCUT2D eigenvalue weighted by atomic mass is 10.0. The Bertz CT molecular complexity index is 318. The molecule has 1 atom stereocenters. The predicted molar refractivity (Wildman–Crippen MR) is 106 cm³/mol. The van der Waals surface area contributed by atoms with E-state index in [9.17, 15) is 4.57 Å². The minimum atomic E-state index is -3.50. The molecule has 0 aromatic heterocycles. The van der Waals surface area contributed by atoms with Gasteiger partial charge in [0.25, 0.3) is 0 Å². The molecule has 0 saturated carbocycles. The number of rotatable bonds is 19. The zero-order valence-corrected chi connectivity index (χ0v) is 16.9. The van der Waals surface area contributed by atoms with Crippen LogP contribution in [0.4, 0.5) is 0 Å². The number of hydrogen-bond acceptors (Lipinski definition) is 2. The van der Waals surface area contributed by atoms with Gasteiger partial charge in [0.15, 0.2) is 0 Å². The fourth-order valence-electron chi connectivity index (χ4n) is 2.90. The Labute approximate surface area is 150 Å². The van der Waals surface area contributed by atoms with Crippen LogP contribution in [-0.2, 0) is 9.09 Å². The Morgan fingerprint density at radius 3 is 1.42 bits per heavy atom. The van der Waals surface area contributed by atoms with Gasteiger partial charge >= 0.3 is 7.60 Å². The van der Waals surface area contributed by atoms with Crippen molar-refractivity contribution in [3.8, 4) is 0 Å². The van der Waals surface area contributed by atoms with Gasteiger partial charge in [-0.05, 0) is 6.42 Å². The van der Waals surface area contributed by atoms with Gasteiger partial charge < -0.3 is 9.42 Å². The van der Waals surface area contributed by atoms with Gasteiger partial charge in [-0.1, -0.05) is 110 Å². The van der Waals surface area contributed by atoms with Crippen molar-refractivity contribution in [2.45, 2.75) is 110 Å². The van der Waals surface area contributed by atoms with E-state index in [-0.39, 0.29) is 0 Å². The molecule has 0 heterocycles. The summed E-state index contributed by atoms with van der Waals surface area (Å²) in [6.07, 6.45) is 21.2. The van der Waals surface area contributed by atoms with Crippen LogP contribution in [0.25, 0.3) is 0 Å². The second kappa shape index (κ2) is 17.7. The molecule has 24 heavy (non-hydrogen) atoms.